The molecule has 1 aromatic carbocycles. The molecule has 3 aromatic rings. The predicted octanol–water partition coefficient (Wildman–Crippen LogP) is 2.69. The predicted molar refractivity (Wildman–Crippen MR) is 79.1 cm³/mol. The fraction of sp³-hybridized carbons (Fsp3) is 0.188. The molecule has 22 heavy (non-hydrogen) atoms. The Balaban J connectivity index is 1.47. The second kappa shape index (κ2) is 6.71. The number of hydrogen-bond donors (Lipinski definition) is 1. The first kappa shape index (κ1) is 14.1. The van der Waals surface area contributed by atoms with Gasteiger partial charge in [0.05, 0.1) is 6.26 Å². The Morgan fingerprint density at radius 2 is 2.00 bits per heavy atom. The maximum atomic E-state index is 11.6. The Bertz CT molecular complexity index is 720. The highest BCUT2D eigenvalue weighted by atomic mass is 16.5. The summed E-state index contributed by atoms with van der Waals surface area (Å²) >= 11 is 0. The molecule has 0 saturated carbocycles. The highest BCUT2D eigenvalue weighted by Gasteiger charge is 2.09. The summed E-state index contributed by atoms with van der Waals surface area (Å²) in [4.78, 5) is 16.0. The van der Waals surface area contributed by atoms with E-state index in [1.165, 1.54) is 6.26 Å². The van der Waals surface area contributed by atoms with E-state index in [1.807, 2.05) is 30.3 Å². The molecule has 0 spiro atoms. The summed E-state index contributed by atoms with van der Waals surface area (Å²) in [5, 5.41) is 6.72. The largest absolute Gasteiger partial charge is 0.459 e. The number of carbonyl (C=O) groups excluding carboxylic acids is 1. The summed E-state index contributed by atoms with van der Waals surface area (Å²) < 4.78 is 10.2. The van der Waals surface area contributed by atoms with Gasteiger partial charge in [-0.2, -0.15) is 4.98 Å². The average Bonchev–Trinajstić information content (AvgIpc) is 3.24. The average molecular weight is 297 g/mol. The molecule has 0 aliphatic heterocycles. The van der Waals surface area contributed by atoms with Crippen LogP contribution in [0.5, 0.6) is 0 Å². The number of nitrogens with zero attached hydrogens (tertiary/aromatic N) is 2. The fourth-order valence-electron chi connectivity index (χ4n) is 2.00. The van der Waals surface area contributed by atoms with Crippen molar-refractivity contribution < 1.29 is 13.7 Å². The molecule has 0 atom stereocenters. The lowest BCUT2D eigenvalue weighted by Gasteiger charge is -2.00. The highest BCUT2D eigenvalue weighted by Crippen LogP contribution is 2.15. The lowest BCUT2D eigenvalue weighted by molar-refractivity contribution is 0.0925. The normalized spacial score (nSPS) is 10.5. The molecule has 1 N–H and O–H groups in total. The van der Waals surface area contributed by atoms with E-state index in [1.54, 1.807) is 12.1 Å². The quantitative estimate of drug-likeness (QED) is 0.707. The second-order valence-electron chi connectivity index (χ2n) is 4.71. The van der Waals surface area contributed by atoms with Crippen LogP contribution in [0.2, 0.25) is 0 Å². The van der Waals surface area contributed by atoms with Crippen LogP contribution in [0.25, 0.3) is 11.4 Å². The van der Waals surface area contributed by atoms with E-state index >= 15 is 0 Å². The van der Waals surface area contributed by atoms with Gasteiger partial charge >= 0.3 is 0 Å². The molecule has 3 rings (SSSR count). The van der Waals surface area contributed by atoms with Crippen molar-refractivity contribution in [2.24, 2.45) is 0 Å². The van der Waals surface area contributed by atoms with Gasteiger partial charge in [-0.15, -0.1) is 0 Å². The van der Waals surface area contributed by atoms with E-state index in [0.717, 1.165) is 5.56 Å². The molecule has 0 saturated heterocycles. The third-order valence-corrected chi connectivity index (χ3v) is 3.10. The van der Waals surface area contributed by atoms with E-state index in [2.05, 4.69) is 15.5 Å². The second-order valence-corrected chi connectivity index (χ2v) is 4.71. The Morgan fingerprint density at radius 1 is 1.14 bits per heavy atom. The number of nitrogens with one attached hydrogen (secondary N) is 1. The number of aryl methyl sites for hydroxylation is 1. The Hall–Kier alpha value is -2.89. The minimum Gasteiger partial charge on any atom is -0.459 e. The smallest absolute Gasteiger partial charge is 0.286 e. The number of aromatic nitrogens is 2. The maximum absolute atomic E-state index is 11.6. The van der Waals surface area contributed by atoms with Crippen LogP contribution in [-0.4, -0.2) is 22.6 Å². The van der Waals surface area contributed by atoms with E-state index in [4.69, 9.17) is 8.94 Å². The summed E-state index contributed by atoms with van der Waals surface area (Å²) in [6.07, 6.45) is 2.79. The first-order valence-corrected chi connectivity index (χ1v) is 7.02. The molecule has 112 valence electrons. The minimum absolute atomic E-state index is 0.222. The highest BCUT2D eigenvalue weighted by molar-refractivity contribution is 5.91. The van der Waals surface area contributed by atoms with Crippen molar-refractivity contribution in [3.63, 3.8) is 0 Å². The number of hydrogen-bond acceptors (Lipinski definition) is 5. The van der Waals surface area contributed by atoms with E-state index in [-0.39, 0.29) is 5.91 Å². The zero-order valence-electron chi connectivity index (χ0n) is 11.9. The maximum Gasteiger partial charge on any atom is 0.286 e. The molecule has 0 bridgehead atoms. The SMILES string of the molecule is O=C(NCCCc1nc(-c2ccccc2)no1)c1ccco1. The molecule has 2 aromatic heterocycles. The topological polar surface area (TPSA) is 81.2 Å². The van der Waals surface area contributed by atoms with Gasteiger partial charge in [-0.3, -0.25) is 4.79 Å². The molecular formula is C16H15N3O3. The van der Waals surface area contributed by atoms with Gasteiger partial charge in [-0.05, 0) is 18.6 Å². The third-order valence-electron chi connectivity index (χ3n) is 3.10. The van der Waals surface area contributed by atoms with Gasteiger partial charge in [0.15, 0.2) is 5.76 Å². The lowest BCUT2D eigenvalue weighted by Crippen LogP contribution is -2.24. The molecule has 1 amide bonds. The van der Waals surface area contributed by atoms with Gasteiger partial charge < -0.3 is 14.3 Å². The van der Waals surface area contributed by atoms with Crippen molar-refractivity contribution in [1.29, 1.82) is 0 Å². The van der Waals surface area contributed by atoms with Crippen LogP contribution in [-0.2, 0) is 6.42 Å². The molecule has 6 nitrogen and oxygen atoms in total. The minimum atomic E-state index is -0.222. The zero-order chi connectivity index (χ0) is 15.2. The number of furan rings is 1. The number of rotatable bonds is 6. The van der Waals surface area contributed by atoms with E-state index < -0.39 is 0 Å². The van der Waals surface area contributed by atoms with Crippen LogP contribution in [0, 0.1) is 0 Å². The molecule has 6 heteroatoms. The van der Waals surface area contributed by atoms with E-state index in [0.29, 0.717) is 36.9 Å². The van der Waals surface area contributed by atoms with Crippen molar-refractivity contribution >= 4 is 5.91 Å². The van der Waals surface area contributed by atoms with Crippen LogP contribution in [0.15, 0.2) is 57.7 Å². The van der Waals surface area contributed by atoms with Crippen molar-refractivity contribution in [3.05, 3.63) is 60.4 Å². The number of carbonyl (C=O) groups is 1. The summed E-state index contributed by atoms with van der Waals surface area (Å²) in [5.41, 5.74) is 0.920. The Kier molecular flexibility index (Phi) is 4.29. The van der Waals surface area contributed by atoms with Crippen LogP contribution < -0.4 is 5.32 Å². The van der Waals surface area contributed by atoms with Crippen molar-refractivity contribution in [2.75, 3.05) is 6.54 Å². The first-order valence-electron chi connectivity index (χ1n) is 7.02. The molecular weight excluding hydrogens is 282 g/mol. The molecule has 0 aliphatic carbocycles. The molecule has 0 aliphatic rings. The third kappa shape index (κ3) is 3.41. The standard InChI is InChI=1S/C16H15N3O3/c20-16(13-8-5-11-21-13)17-10-4-9-14-18-15(19-22-14)12-6-2-1-3-7-12/h1-3,5-8,11H,4,9-10H2,(H,17,20). The first-order chi connectivity index (χ1) is 10.8. The van der Waals surface area contributed by atoms with Gasteiger partial charge in [0, 0.05) is 18.5 Å². The lowest BCUT2D eigenvalue weighted by atomic mass is 10.2. The fourth-order valence-corrected chi connectivity index (χ4v) is 2.00. The number of benzene rings is 1. The van der Waals surface area contributed by atoms with E-state index in [9.17, 15) is 4.79 Å². The van der Waals surface area contributed by atoms with Gasteiger partial charge in [0.2, 0.25) is 11.7 Å². The van der Waals surface area contributed by atoms with Gasteiger partial charge in [-0.1, -0.05) is 35.5 Å². The summed E-state index contributed by atoms with van der Waals surface area (Å²) in [7, 11) is 0. The van der Waals surface area contributed by atoms with Crippen LogP contribution in [0.1, 0.15) is 22.9 Å². The van der Waals surface area contributed by atoms with Crippen LogP contribution in [0.3, 0.4) is 0 Å². The van der Waals surface area contributed by atoms with Crippen LogP contribution >= 0.6 is 0 Å². The molecule has 2 heterocycles. The molecule has 0 fully saturated rings. The Morgan fingerprint density at radius 3 is 2.77 bits per heavy atom. The monoisotopic (exact) mass is 297 g/mol. The summed E-state index contributed by atoms with van der Waals surface area (Å²) in [6, 6.07) is 13.0. The van der Waals surface area contributed by atoms with Gasteiger partial charge in [0.25, 0.3) is 5.91 Å². The Labute approximate surface area is 127 Å². The van der Waals surface area contributed by atoms with Gasteiger partial charge in [-0.25, -0.2) is 0 Å². The van der Waals surface area contributed by atoms with Gasteiger partial charge in [0.1, 0.15) is 0 Å². The summed E-state index contributed by atoms with van der Waals surface area (Å²) in [6.45, 7) is 0.516. The molecule has 0 unspecified atom stereocenters. The summed E-state index contributed by atoms with van der Waals surface area (Å²) in [5.74, 6) is 1.23. The van der Waals surface area contributed by atoms with Crippen LogP contribution in [0.4, 0.5) is 0 Å². The number of amides is 1. The zero-order valence-corrected chi connectivity index (χ0v) is 11.9. The van der Waals surface area contributed by atoms with Crippen molar-refractivity contribution in [1.82, 2.24) is 15.5 Å². The molecule has 0 radical (unpaired) electrons. The van der Waals surface area contributed by atoms with Crippen molar-refractivity contribution in [3.8, 4) is 11.4 Å². The van der Waals surface area contributed by atoms with Crippen molar-refractivity contribution in [2.45, 2.75) is 12.8 Å².